The second-order valence-electron chi connectivity index (χ2n) is 7.72. The number of carbonyl (C=O) groups excluding carboxylic acids is 1. The van der Waals surface area contributed by atoms with E-state index in [9.17, 15) is 4.79 Å². The molecule has 5 nitrogen and oxygen atoms in total. The maximum Gasteiger partial charge on any atom is 0.255 e. The van der Waals surface area contributed by atoms with Gasteiger partial charge >= 0.3 is 0 Å². The van der Waals surface area contributed by atoms with Crippen molar-refractivity contribution in [3.8, 4) is 11.1 Å². The first-order valence-electron chi connectivity index (χ1n) is 9.63. The summed E-state index contributed by atoms with van der Waals surface area (Å²) in [6.07, 6.45) is 3.19. The molecule has 4 radical (unpaired) electrons. The highest BCUT2D eigenvalue weighted by molar-refractivity contribution is 6.42. The molecule has 0 saturated carbocycles. The van der Waals surface area contributed by atoms with Gasteiger partial charge in [-0.1, -0.05) is 11.6 Å². The number of hydrogen-bond donors (Lipinski definition) is 0. The van der Waals surface area contributed by atoms with Crippen LogP contribution >= 0.6 is 11.6 Å². The van der Waals surface area contributed by atoms with E-state index in [1.165, 1.54) is 24.4 Å². The number of hydrogen-bond acceptors (Lipinski definition) is 3. The Hall–Kier alpha value is -3.19. The van der Waals surface area contributed by atoms with Crippen molar-refractivity contribution in [3.05, 3.63) is 82.3 Å². The van der Waals surface area contributed by atoms with E-state index < -0.39 is 29.4 Å². The Labute approximate surface area is 189 Å². The molecule has 0 bridgehead atoms. The van der Waals surface area contributed by atoms with Crippen molar-refractivity contribution in [2.75, 3.05) is 0 Å². The van der Waals surface area contributed by atoms with Crippen LogP contribution in [0.2, 0.25) is 5.02 Å². The summed E-state index contributed by atoms with van der Waals surface area (Å²) in [6.45, 7) is -0.460. The van der Waals surface area contributed by atoms with Crippen molar-refractivity contribution in [3.63, 3.8) is 0 Å². The van der Waals surface area contributed by atoms with Gasteiger partial charge in [0.05, 0.1) is 39.0 Å². The molecule has 0 saturated heterocycles. The normalized spacial score (nSPS) is 14.9. The third kappa shape index (κ3) is 3.11. The number of pyridine rings is 1. The minimum absolute atomic E-state index is 0.153. The van der Waals surface area contributed by atoms with Gasteiger partial charge in [0, 0.05) is 40.8 Å². The third-order valence-corrected chi connectivity index (χ3v) is 5.80. The summed E-state index contributed by atoms with van der Waals surface area (Å²) < 4.78 is 31.9. The fourth-order valence-electron chi connectivity index (χ4n) is 4.06. The molecule has 154 valence electrons. The Morgan fingerprint density at radius 3 is 2.53 bits per heavy atom. The number of carbonyl (C=O) groups is 1. The van der Waals surface area contributed by atoms with Gasteiger partial charge in [-0.15, -0.1) is 0 Å². The van der Waals surface area contributed by atoms with Crippen molar-refractivity contribution in [2.45, 2.75) is 11.9 Å². The average molecular weight is 444 g/mol. The van der Waals surface area contributed by atoms with Crippen LogP contribution in [0.4, 0.5) is 8.78 Å². The second-order valence-corrected chi connectivity index (χ2v) is 8.16. The SMILES string of the molecule is [B]C1([B])c2ncccc2C(=O)N1Cc1c(F)cc(-c2cc(Cl)cc3nn(C)cc23)cc1F. The van der Waals surface area contributed by atoms with Crippen LogP contribution in [0.5, 0.6) is 0 Å². The van der Waals surface area contributed by atoms with E-state index in [1.807, 2.05) is 0 Å². The Balaban J connectivity index is 1.56. The predicted molar refractivity (Wildman–Crippen MR) is 118 cm³/mol. The van der Waals surface area contributed by atoms with E-state index in [1.54, 1.807) is 36.1 Å². The van der Waals surface area contributed by atoms with Crippen LogP contribution in [0.1, 0.15) is 21.6 Å². The highest BCUT2D eigenvalue weighted by Gasteiger charge is 2.43. The van der Waals surface area contributed by atoms with Gasteiger partial charge < -0.3 is 4.90 Å². The Morgan fingerprint density at radius 1 is 1.12 bits per heavy atom. The molecule has 1 amide bonds. The zero-order chi connectivity index (χ0) is 22.8. The van der Waals surface area contributed by atoms with Crippen LogP contribution in [-0.4, -0.2) is 41.3 Å². The summed E-state index contributed by atoms with van der Waals surface area (Å²) in [5, 5.41) is 3.60. The number of benzene rings is 2. The first kappa shape index (κ1) is 20.7. The van der Waals surface area contributed by atoms with Gasteiger partial charge in [0.2, 0.25) is 0 Å². The van der Waals surface area contributed by atoms with Gasteiger partial charge in [0.15, 0.2) is 0 Å². The zero-order valence-corrected chi connectivity index (χ0v) is 17.6. The molecule has 0 atom stereocenters. The molecule has 0 aliphatic carbocycles. The molecule has 32 heavy (non-hydrogen) atoms. The molecule has 3 heterocycles. The zero-order valence-electron chi connectivity index (χ0n) is 16.8. The molecular weight excluding hydrogens is 431 g/mol. The first-order valence-corrected chi connectivity index (χ1v) is 10.0. The van der Waals surface area contributed by atoms with E-state index in [0.717, 1.165) is 4.90 Å². The minimum atomic E-state index is -1.79. The number of aryl methyl sites for hydroxylation is 1. The lowest BCUT2D eigenvalue weighted by molar-refractivity contribution is 0.0727. The number of aromatic nitrogens is 3. The number of halogens is 3. The number of amides is 1. The van der Waals surface area contributed by atoms with Gasteiger partial charge in [0.25, 0.3) is 5.91 Å². The maximum atomic E-state index is 15.1. The molecule has 0 N–H and O–H groups in total. The van der Waals surface area contributed by atoms with E-state index in [4.69, 9.17) is 27.3 Å². The van der Waals surface area contributed by atoms with Gasteiger partial charge in [-0.05, 0) is 47.5 Å². The summed E-state index contributed by atoms with van der Waals surface area (Å²) in [5.74, 6) is -2.23. The van der Waals surface area contributed by atoms with Crippen LogP contribution in [0, 0.1) is 11.6 Å². The van der Waals surface area contributed by atoms with E-state index in [-0.39, 0.29) is 22.4 Å². The molecular formula is C22H13B2ClF2N4O. The molecule has 1 aliphatic heterocycles. The fourth-order valence-corrected chi connectivity index (χ4v) is 4.27. The maximum absolute atomic E-state index is 15.1. The predicted octanol–water partition coefficient (Wildman–Crippen LogP) is 3.67. The Bertz CT molecular complexity index is 1400. The van der Waals surface area contributed by atoms with Gasteiger partial charge in [0.1, 0.15) is 11.6 Å². The summed E-state index contributed by atoms with van der Waals surface area (Å²) in [6, 6.07) is 8.77. The second kappa shape index (κ2) is 7.17. The molecule has 10 heteroatoms. The van der Waals surface area contributed by atoms with E-state index in [2.05, 4.69) is 10.1 Å². The lowest BCUT2D eigenvalue weighted by Crippen LogP contribution is -2.45. The highest BCUT2D eigenvalue weighted by Crippen LogP contribution is 2.37. The van der Waals surface area contributed by atoms with Crippen LogP contribution < -0.4 is 0 Å². The van der Waals surface area contributed by atoms with E-state index in [0.29, 0.717) is 21.5 Å². The molecule has 5 rings (SSSR count). The van der Waals surface area contributed by atoms with Crippen molar-refractivity contribution in [1.29, 1.82) is 0 Å². The number of nitrogens with zero attached hydrogens (tertiary/aromatic N) is 4. The molecule has 2 aromatic heterocycles. The summed E-state index contributed by atoms with van der Waals surface area (Å²) in [5.41, 5.74) is 1.44. The lowest BCUT2D eigenvalue weighted by Gasteiger charge is -2.33. The van der Waals surface area contributed by atoms with Crippen LogP contribution in [0.3, 0.4) is 0 Å². The molecule has 1 aliphatic rings. The topological polar surface area (TPSA) is 51.0 Å². The summed E-state index contributed by atoms with van der Waals surface area (Å²) >= 11 is 6.18. The first-order chi connectivity index (χ1) is 15.2. The van der Waals surface area contributed by atoms with Crippen LogP contribution in [0.25, 0.3) is 22.0 Å². The van der Waals surface area contributed by atoms with Gasteiger partial charge in [-0.2, -0.15) is 5.10 Å². The van der Waals surface area contributed by atoms with Gasteiger partial charge in [-0.25, -0.2) is 8.78 Å². The number of fused-ring (bicyclic) bond motifs is 2. The van der Waals surface area contributed by atoms with Crippen molar-refractivity contribution in [2.24, 2.45) is 7.05 Å². The third-order valence-electron chi connectivity index (χ3n) is 5.58. The van der Waals surface area contributed by atoms with Crippen molar-refractivity contribution >= 4 is 44.1 Å². The van der Waals surface area contributed by atoms with E-state index >= 15 is 8.78 Å². The lowest BCUT2D eigenvalue weighted by atomic mass is 9.59. The standard InChI is InChI=1S/C22H13B2ClF2N4O/c1-30-9-15-14(7-12(25)8-19(15)29-30)11-5-17(26)16(18(27)6-11)10-31-21(32)13-3-2-4-28-20(13)22(31,23)24/h2-9H,10H2,1H3. The molecule has 2 aromatic carbocycles. The summed E-state index contributed by atoms with van der Waals surface area (Å²) in [7, 11) is 14.0. The Kier molecular flexibility index (Phi) is 4.64. The summed E-state index contributed by atoms with van der Waals surface area (Å²) in [4.78, 5) is 17.8. The van der Waals surface area contributed by atoms with Crippen molar-refractivity contribution < 1.29 is 13.6 Å². The molecule has 0 spiro atoms. The van der Waals surface area contributed by atoms with Crippen LogP contribution in [-0.2, 0) is 18.9 Å². The highest BCUT2D eigenvalue weighted by atomic mass is 35.5. The minimum Gasteiger partial charge on any atom is -0.340 e. The Morgan fingerprint density at radius 2 is 1.84 bits per heavy atom. The molecule has 0 unspecified atom stereocenters. The smallest absolute Gasteiger partial charge is 0.255 e. The van der Waals surface area contributed by atoms with Crippen LogP contribution in [0.15, 0.2) is 48.8 Å². The largest absolute Gasteiger partial charge is 0.340 e. The molecule has 0 fully saturated rings. The number of rotatable bonds is 3. The quantitative estimate of drug-likeness (QED) is 0.453. The van der Waals surface area contributed by atoms with Crippen molar-refractivity contribution in [1.82, 2.24) is 19.7 Å². The monoisotopic (exact) mass is 444 g/mol. The fraction of sp³-hybridized carbons (Fsp3) is 0.136. The van der Waals surface area contributed by atoms with Gasteiger partial charge in [-0.3, -0.25) is 14.5 Å². The molecule has 4 aromatic rings. The average Bonchev–Trinajstić information content (AvgIpc) is 3.19.